The lowest BCUT2D eigenvalue weighted by atomic mass is 10.1. The Bertz CT molecular complexity index is 1600. The number of halogens is 3. The Kier molecular flexibility index (Phi) is 7.81. The summed E-state index contributed by atoms with van der Waals surface area (Å²) in [6, 6.07) is 17.5. The van der Waals surface area contributed by atoms with Crippen molar-refractivity contribution < 1.29 is 41.0 Å². The molecule has 1 heterocycles. The van der Waals surface area contributed by atoms with Gasteiger partial charge in [-0.25, -0.2) is 8.42 Å². The molecule has 1 amide bonds. The number of carboxylic acid groups (broad SMARTS) is 1. The molecule has 3 N–H and O–H groups in total. The van der Waals surface area contributed by atoms with Crippen LogP contribution in [0.2, 0.25) is 0 Å². The molecular weight excluding hydrogens is 539 g/mol. The van der Waals surface area contributed by atoms with Crippen LogP contribution < -0.4 is 14.8 Å². The average molecular weight is 562 g/mol. The number of aromatic nitrogens is 1. The molecule has 4 aromatic rings. The van der Waals surface area contributed by atoms with E-state index in [2.05, 4.69) is 14.8 Å². The van der Waals surface area contributed by atoms with Gasteiger partial charge in [0, 0.05) is 41.4 Å². The number of alkyl halides is 3. The minimum Gasteiger partial charge on any atom is -0.481 e. The van der Waals surface area contributed by atoms with Crippen molar-refractivity contribution in [2.45, 2.75) is 24.2 Å². The zero-order valence-electron chi connectivity index (χ0n) is 20.1. The normalized spacial score (nSPS) is 11.8. The van der Waals surface area contributed by atoms with E-state index in [9.17, 15) is 31.2 Å². The molecule has 0 radical (unpaired) electrons. The number of rotatable bonds is 10. The Hall–Kier alpha value is -4.52. The molecule has 0 spiro atoms. The largest absolute Gasteiger partial charge is 0.573 e. The number of benzene rings is 3. The van der Waals surface area contributed by atoms with E-state index in [1.165, 1.54) is 0 Å². The lowest BCUT2D eigenvalue weighted by Gasteiger charge is -2.11. The molecule has 13 heteroatoms. The third-order valence-electron chi connectivity index (χ3n) is 5.58. The van der Waals surface area contributed by atoms with Crippen molar-refractivity contribution in [3.63, 3.8) is 0 Å². The Balaban J connectivity index is 1.42. The second-order valence-corrected chi connectivity index (χ2v) is 10.1. The Morgan fingerprint density at radius 1 is 0.949 bits per heavy atom. The monoisotopic (exact) mass is 561 g/mol. The van der Waals surface area contributed by atoms with Crippen molar-refractivity contribution in [3.05, 3.63) is 90.1 Å². The smallest absolute Gasteiger partial charge is 0.481 e. The van der Waals surface area contributed by atoms with Crippen LogP contribution in [0, 0.1) is 0 Å². The number of carboxylic acids is 1. The number of aliphatic carboxylic acids is 1. The molecule has 0 aliphatic rings. The summed E-state index contributed by atoms with van der Waals surface area (Å²) < 4.78 is 70.5. The third kappa shape index (κ3) is 7.29. The maximum absolute atomic E-state index is 12.7. The van der Waals surface area contributed by atoms with Gasteiger partial charge in [-0.15, -0.1) is 13.2 Å². The average Bonchev–Trinajstić information content (AvgIpc) is 3.25. The molecule has 1 aromatic heterocycles. The second-order valence-electron chi connectivity index (χ2n) is 8.44. The lowest BCUT2D eigenvalue weighted by molar-refractivity contribution is -0.274. The molecule has 9 nitrogen and oxygen atoms in total. The van der Waals surface area contributed by atoms with Crippen LogP contribution in [0.1, 0.15) is 22.3 Å². The first kappa shape index (κ1) is 27.5. The van der Waals surface area contributed by atoms with Gasteiger partial charge in [-0.1, -0.05) is 12.1 Å². The van der Waals surface area contributed by atoms with Gasteiger partial charge in [-0.2, -0.15) is 0 Å². The maximum atomic E-state index is 12.7. The fourth-order valence-electron chi connectivity index (χ4n) is 3.78. The number of fused-ring (bicyclic) bond motifs is 1. The van der Waals surface area contributed by atoms with Gasteiger partial charge >= 0.3 is 12.3 Å². The first-order valence-electron chi connectivity index (χ1n) is 11.5. The fourth-order valence-corrected chi connectivity index (χ4v) is 4.83. The number of hydrogen-bond donors (Lipinski definition) is 3. The van der Waals surface area contributed by atoms with Gasteiger partial charge in [0.15, 0.2) is 0 Å². The Morgan fingerprint density at radius 3 is 2.28 bits per heavy atom. The minimum absolute atomic E-state index is 0.0343. The lowest BCUT2D eigenvalue weighted by Crippen LogP contribution is -2.25. The highest BCUT2D eigenvalue weighted by Crippen LogP contribution is 2.26. The highest BCUT2D eigenvalue weighted by Gasteiger charge is 2.31. The topological polar surface area (TPSA) is 127 Å². The summed E-state index contributed by atoms with van der Waals surface area (Å²) in [5.41, 5.74) is 2.40. The molecule has 3 aromatic carbocycles. The molecule has 0 aliphatic carbocycles. The molecule has 0 bridgehead atoms. The van der Waals surface area contributed by atoms with Gasteiger partial charge in [0.05, 0.1) is 11.3 Å². The van der Waals surface area contributed by atoms with E-state index >= 15 is 0 Å². The van der Waals surface area contributed by atoms with E-state index in [1.807, 2.05) is 10.8 Å². The molecule has 204 valence electrons. The molecule has 0 aliphatic heterocycles. The first-order valence-corrected chi connectivity index (χ1v) is 12.9. The quantitative estimate of drug-likeness (QED) is 0.260. The third-order valence-corrected chi connectivity index (χ3v) is 6.98. The molecule has 0 saturated carbocycles. The highest BCUT2D eigenvalue weighted by molar-refractivity contribution is 7.92. The summed E-state index contributed by atoms with van der Waals surface area (Å²) in [5.74, 6) is -1.89. The summed E-state index contributed by atoms with van der Waals surface area (Å²) in [7, 11) is -4.06. The molecule has 0 unspecified atom stereocenters. The number of amides is 1. The van der Waals surface area contributed by atoms with E-state index in [0.717, 1.165) is 40.7 Å². The van der Waals surface area contributed by atoms with Crippen LogP contribution in [0.4, 0.5) is 18.9 Å². The van der Waals surface area contributed by atoms with Gasteiger partial charge in [0.25, 0.3) is 15.9 Å². The molecule has 0 atom stereocenters. The summed E-state index contributed by atoms with van der Waals surface area (Å²) in [5, 5.41) is 12.0. The van der Waals surface area contributed by atoms with Crippen molar-refractivity contribution in [1.29, 1.82) is 0 Å². The van der Waals surface area contributed by atoms with E-state index < -0.39 is 28.1 Å². The van der Waals surface area contributed by atoms with Gasteiger partial charge in [0.2, 0.25) is 0 Å². The van der Waals surface area contributed by atoms with Crippen LogP contribution >= 0.6 is 0 Å². The van der Waals surface area contributed by atoms with Crippen molar-refractivity contribution in [2.24, 2.45) is 0 Å². The SMILES string of the molecule is O=C(O)CCNC(=O)c1ccc(Cn2ccc3cc(NS(=O)(=O)c4ccc(OC(F)(F)F)cc4)ccc32)cc1. The van der Waals surface area contributed by atoms with Crippen LogP contribution in [-0.4, -0.2) is 42.9 Å². The van der Waals surface area contributed by atoms with Crippen LogP contribution in [0.15, 0.2) is 83.9 Å². The number of anilines is 1. The number of hydrogen-bond acceptors (Lipinski definition) is 5. The number of ether oxygens (including phenoxy) is 1. The van der Waals surface area contributed by atoms with Crippen LogP contribution in [0.5, 0.6) is 5.75 Å². The van der Waals surface area contributed by atoms with Crippen molar-refractivity contribution in [2.75, 3.05) is 11.3 Å². The molecule has 0 fully saturated rings. The number of sulfonamides is 1. The molecule has 0 saturated heterocycles. The second kappa shape index (κ2) is 11.1. The van der Waals surface area contributed by atoms with Crippen LogP contribution in [0.3, 0.4) is 0 Å². The first-order chi connectivity index (χ1) is 18.4. The van der Waals surface area contributed by atoms with Crippen molar-refractivity contribution in [3.8, 4) is 5.75 Å². The van der Waals surface area contributed by atoms with E-state index in [-0.39, 0.29) is 29.5 Å². The van der Waals surface area contributed by atoms with Crippen molar-refractivity contribution in [1.82, 2.24) is 9.88 Å². The van der Waals surface area contributed by atoms with E-state index in [0.29, 0.717) is 12.1 Å². The van der Waals surface area contributed by atoms with Gasteiger partial charge in [0.1, 0.15) is 5.75 Å². The van der Waals surface area contributed by atoms with Crippen molar-refractivity contribution >= 4 is 38.5 Å². The number of carbonyl (C=O) groups is 2. The standard InChI is InChI=1S/C26H22F3N3O6S/c27-26(28,29)38-21-6-8-22(9-7-21)39(36,37)31-20-5-10-23-19(15-20)12-14-32(23)16-17-1-3-18(4-2-17)25(35)30-13-11-24(33)34/h1-10,12,14-15,31H,11,13,16H2,(H,30,35)(H,33,34). The van der Waals surface area contributed by atoms with Crippen LogP contribution in [-0.2, 0) is 21.4 Å². The molecule has 39 heavy (non-hydrogen) atoms. The van der Waals surface area contributed by atoms with Gasteiger partial charge < -0.3 is 19.7 Å². The number of nitrogens with zero attached hydrogens (tertiary/aromatic N) is 1. The Labute approximate surface area is 220 Å². The summed E-state index contributed by atoms with van der Waals surface area (Å²) in [6.07, 6.45) is -3.22. The van der Waals surface area contributed by atoms with Gasteiger partial charge in [-0.3, -0.25) is 14.3 Å². The summed E-state index contributed by atoms with van der Waals surface area (Å²) in [6.45, 7) is 0.508. The summed E-state index contributed by atoms with van der Waals surface area (Å²) in [4.78, 5) is 22.5. The predicted octanol–water partition coefficient (Wildman–Crippen LogP) is 4.59. The molecule has 4 rings (SSSR count). The predicted molar refractivity (Wildman–Crippen MR) is 136 cm³/mol. The Morgan fingerprint density at radius 2 is 1.64 bits per heavy atom. The maximum Gasteiger partial charge on any atom is 0.573 e. The fraction of sp³-hybridized carbons (Fsp3) is 0.154. The highest BCUT2D eigenvalue weighted by atomic mass is 32.2. The zero-order chi connectivity index (χ0) is 28.2. The number of nitrogens with one attached hydrogen (secondary N) is 2. The van der Waals surface area contributed by atoms with Crippen LogP contribution in [0.25, 0.3) is 10.9 Å². The zero-order valence-corrected chi connectivity index (χ0v) is 20.9. The minimum atomic E-state index is -4.88. The van der Waals surface area contributed by atoms with Gasteiger partial charge in [-0.05, 0) is 66.2 Å². The molecular formula is C26H22F3N3O6S. The van der Waals surface area contributed by atoms with E-state index in [1.54, 1.807) is 48.5 Å². The van der Waals surface area contributed by atoms with E-state index in [4.69, 9.17) is 5.11 Å². The summed E-state index contributed by atoms with van der Waals surface area (Å²) >= 11 is 0. The number of carbonyl (C=O) groups excluding carboxylic acids is 1.